The molecule has 4 heteroatoms. The van der Waals surface area contributed by atoms with Gasteiger partial charge in [0.05, 0.1) is 5.75 Å². The zero-order valence-corrected chi connectivity index (χ0v) is 8.48. The molecular formula is C8H15NO2S. The van der Waals surface area contributed by atoms with Gasteiger partial charge in [0.15, 0.2) is 0 Å². The van der Waals surface area contributed by atoms with Crippen molar-refractivity contribution in [2.75, 3.05) is 12.8 Å². The Hall–Kier alpha value is -0.610. The topological polar surface area (TPSA) is 46.2 Å². The van der Waals surface area contributed by atoms with Gasteiger partial charge in [-0.25, -0.2) is 13.1 Å². The van der Waals surface area contributed by atoms with Crippen molar-refractivity contribution in [1.29, 1.82) is 0 Å². The van der Waals surface area contributed by atoms with E-state index in [1.807, 2.05) is 19.1 Å². The molecule has 0 unspecified atom stereocenters. The van der Waals surface area contributed by atoms with Crippen LogP contribution in [0.25, 0.3) is 0 Å². The number of sulfonamides is 1. The lowest BCUT2D eigenvalue weighted by Gasteiger charge is -2.00. The van der Waals surface area contributed by atoms with Crippen molar-refractivity contribution in [3.8, 4) is 0 Å². The molecule has 0 spiro atoms. The molecule has 3 nitrogen and oxygen atoms in total. The molecule has 0 saturated heterocycles. The summed E-state index contributed by atoms with van der Waals surface area (Å²) in [6.07, 6.45) is 5.46. The van der Waals surface area contributed by atoms with Crippen LogP contribution in [0.2, 0.25) is 0 Å². The van der Waals surface area contributed by atoms with Crippen LogP contribution in [0.3, 0.4) is 0 Å². The summed E-state index contributed by atoms with van der Waals surface area (Å²) in [4.78, 5) is 0. The number of nitrogens with one attached hydrogen (secondary N) is 1. The number of hydrogen-bond acceptors (Lipinski definition) is 2. The molecule has 0 rings (SSSR count). The second kappa shape index (κ2) is 5.11. The summed E-state index contributed by atoms with van der Waals surface area (Å²) in [5.41, 5.74) is 0.822. The van der Waals surface area contributed by atoms with Gasteiger partial charge >= 0.3 is 0 Å². The van der Waals surface area contributed by atoms with Gasteiger partial charge in [0.1, 0.15) is 0 Å². The molecular weight excluding hydrogens is 174 g/mol. The van der Waals surface area contributed by atoms with E-state index in [0.29, 0.717) is 0 Å². The molecule has 0 aromatic heterocycles. The maximum atomic E-state index is 11.0. The Morgan fingerprint density at radius 1 is 1.50 bits per heavy atom. The summed E-state index contributed by atoms with van der Waals surface area (Å²) >= 11 is 0. The van der Waals surface area contributed by atoms with Gasteiger partial charge in [-0.2, -0.15) is 0 Å². The first kappa shape index (κ1) is 11.4. The third-order valence-corrected chi connectivity index (χ3v) is 2.76. The summed E-state index contributed by atoms with van der Waals surface area (Å²) in [5, 5.41) is 0. The molecule has 0 fully saturated rings. The number of rotatable bonds is 4. The highest BCUT2D eigenvalue weighted by molar-refractivity contribution is 7.89. The van der Waals surface area contributed by atoms with Gasteiger partial charge in [-0.05, 0) is 20.9 Å². The van der Waals surface area contributed by atoms with E-state index in [2.05, 4.69) is 4.72 Å². The molecule has 0 aliphatic heterocycles. The van der Waals surface area contributed by atoms with Gasteiger partial charge in [0.2, 0.25) is 10.0 Å². The zero-order valence-electron chi connectivity index (χ0n) is 7.66. The molecule has 0 bridgehead atoms. The van der Waals surface area contributed by atoms with Crippen LogP contribution in [0.1, 0.15) is 13.8 Å². The predicted octanol–water partition coefficient (Wildman–Crippen LogP) is 1.06. The van der Waals surface area contributed by atoms with Crippen molar-refractivity contribution < 1.29 is 8.42 Å². The van der Waals surface area contributed by atoms with E-state index in [0.717, 1.165) is 5.57 Å². The first-order valence-corrected chi connectivity index (χ1v) is 5.36. The number of hydrogen-bond donors (Lipinski definition) is 1. The van der Waals surface area contributed by atoms with Crippen LogP contribution in [-0.2, 0) is 10.0 Å². The van der Waals surface area contributed by atoms with Crippen LogP contribution in [0.5, 0.6) is 0 Å². The van der Waals surface area contributed by atoms with Crippen molar-refractivity contribution in [1.82, 2.24) is 4.72 Å². The lowest BCUT2D eigenvalue weighted by atomic mass is 10.3. The maximum absolute atomic E-state index is 11.0. The van der Waals surface area contributed by atoms with Crippen molar-refractivity contribution in [3.63, 3.8) is 0 Å². The monoisotopic (exact) mass is 189 g/mol. The van der Waals surface area contributed by atoms with Crippen LogP contribution in [0.4, 0.5) is 0 Å². The standard InChI is InChI=1S/C8H15NO2S/c1-4-5-6-8(2)7-12(10,11)9-3/h4-6,9H,7H2,1-3H3. The number of allylic oxidation sites excluding steroid dienone is 3. The Kier molecular flexibility index (Phi) is 4.85. The minimum absolute atomic E-state index is 0.0633. The summed E-state index contributed by atoms with van der Waals surface area (Å²) < 4.78 is 24.2. The van der Waals surface area contributed by atoms with Crippen LogP contribution in [0, 0.1) is 0 Å². The lowest BCUT2D eigenvalue weighted by molar-refractivity contribution is 0.590. The van der Waals surface area contributed by atoms with E-state index < -0.39 is 10.0 Å². The first-order chi connectivity index (χ1) is 5.52. The molecule has 0 radical (unpaired) electrons. The van der Waals surface area contributed by atoms with E-state index in [-0.39, 0.29) is 5.75 Å². The summed E-state index contributed by atoms with van der Waals surface area (Å²) in [5.74, 6) is 0.0633. The molecule has 0 heterocycles. The normalized spacial score (nSPS) is 14.1. The van der Waals surface area contributed by atoms with E-state index >= 15 is 0 Å². The Balaban J connectivity index is 4.28. The van der Waals surface area contributed by atoms with E-state index in [1.54, 1.807) is 13.0 Å². The first-order valence-electron chi connectivity index (χ1n) is 3.71. The third-order valence-electron chi connectivity index (χ3n) is 1.30. The average Bonchev–Trinajstić information content (AvgIpc) is 2.00. The van der Waals surface area contributed by atoms with Crippen LogP contribution in [-0.4, -0.2) is 21.2 Å². The smallest absolute Gasteiger partial charge is 0.215 e. The Labute approximate surface area is 74.2 Å². The van der Waals surface area contributed by atoms with Crippen molar-refractivity contribution in [2.45, 2.75) is 13.8 Å². The highest BCUT2D eigenvalue weighted by Gasteiger charge is 2.06. The van der Waals surface area contributed by atoms with Crippen LogP contribution in [0.15, 0.2) is 23.8 Å². The summed E-state index contributed by atoms with van der Waals surface area (Å²) in [6.45, 7) is 3.67. The Morgan fingerprint density at radius 2 is 2.08 bits per heavy atom. The van der Waals surface area contributed by atoms with E-state index in [9.17, 15) is 8.42 Å². The van der Waals surface area contributed by atoms with Crippen molar-refractivity contribution in [2.24, 2.45) is 0 Å². The van der Waals surface area contributed by atoms with Gasteiger partial charge in [-0.1, -0.05) is 23.8 Å². The summed E-state index contributed by atoms with van der Waals surface area (Å²) in [6, 6.07) is 0. The SMILES string of the molecule is CC=CC=C(C)CS(=O)(=O)NC. The van der Waals surface area contributed by atoms with Gasteiger partial charge in [-0.3, -0.25) is 0 Å². The quantitative estimate of drug-likeness (QED) is 0.672. The zero-order chi connectivity index (χ0) is 9.61. The van der Waals surface area contributed by atoms with Gasteiger partial charge in [0.25, 0.3) is 0 Å². The van der Waals surface area contributed by atoms with Crippen molar-refractivity contribution in [3.05, 3.63) is 23.8 Å². The van der Waals surface area contributed by atoms with E-state index in [4.69, 9.17) is 0 Å². The molecule has 0 aromatic rings. The molecule has 12 heavy (non-hydrogen) atoms. The van der Waals surface area contributed by atoms with Crippen LogP contribution >= 0.6 is 0 Å². The highest BCUT2D eigenvalue weighted by Crippen LogP contribution is 1.97. The minimum Gasteiger partial charge on any atom is -0.218 e. The van der Waals surface area contributed by atoms with Gasteiger partial charge in [-0.15, -0.1) is 0 Å². The molecule has 0 aliphatic rings. The fourth-order valence-electron chi connectivity index (χ4n) is 0.681. The fourth-order valence-corrected chi connectivity index (χ4v) is 1.52. The van der Waals surface area contributed by atoms with Crippen LogP contribution < -0.4 is 4.72 Å². The second-order valence-electron chi connectivity index (χ2n) is 2.50. The highest BCUT2D eigenvalue weighted by atomic mass is 32.2. The largest absolute Gasteiger partial charge is 0.218 e. The van der Waals surface area contributed by atoms with Crippen molar-refractivity contribution >= 4 is 10.0 Å². The minimum atomic E-state index is -3.10. The molecule has 1 N–H and O–H groups in total. The molecule has 0 aromatic carbocycles. The molecule has 70 valence electrons. The Bertz CT molecular complexity index is 275. The van der Waals surface area contributed by atoms with E-state index in [1.165, 1.54) is 7.05 Å². The maximum Gasteiger partial charge on any atom is 0.215 e. The fraction of sp³-hybridized carbons (Fsp3) is 0.500. The van der Waals surface area contributed by atoms with Gasteiger partial charge in [0, 0.05) is 0 Å². The third kappa shape index (κ3) is 5.09. The Morgan fingerprint density at radius 3 is 2.50 bits per heavy atom. The summed E-state index contributed by atoms with van der Waals surface area (Å²) in [7, 11) is -1.69. The lowest BCUT2D eigenvalue weighted by Crippen LogP contribution is -2.22. The van der Waals surface area contributed by atoms with Gasteiger partial charge < -0.3 is 0 Å². The predicted molar refractivity (Wildman–Crippen MR) is 51.4 cm³/mol. The second-order valence-corrected chi connectivity index (χ2v) is 4.43. The molecule has 0 saturated carbocycles. The molecule has 0 aliphatic carbocycles. The molecule has 0 amide bonds. The molecule has 0 atom stereocenters. The average molecular weight is 189 g/mol.